The van der Waals surface area contributed by atoms with Crippen molar-refractivity contribution in [2.75, 3.05) is 19.8 Å². The number of hydrogen-bond donors (Lipinski definition) is 1. The van der Waals surface area contributed by atoms with Crippen LogP contribution in [0.1, 0.15) is 27.2 Å². The maximum atomic E-state index is 5.83. The maximum absolute atomic E-state index is 5.83. The second-order valence-electron chi connectivity index (χ2n) is 3.10. The summed E-state index contributed by atoms with van der Waals surface area (Å²) in [6, 6.07) is 0.724. The number of nitrogens with two attached hydrogens (primary N) is 1. The Kier molecular flexibility index (Phi) is 8.69. The standard InChI is InChI=1S/C9H22ClNO3Si/c1-4-12-15(13-5-2,8-6-7-11)14-9(3)10/h9H,4-8,11H2,1-3H3. The molecule has 0 saturated heterocycles. The predicted octanol–water partition coefficient (Wildman–Crippen LogP) is 1.95. The van der Waals surface area contributed by atoms with Crippen molar-refractivity contribution in [2.24, 2.45) is 5.73 Å². The molecule has 0 amide bonds. The van der Waals surface area contributed by atoms with Gasteiger partial charge in [-0.1, -0.05) is 11.6 Å². The summed E-state index contributed by atoms with van der Waals surface area (Å²) >= 11 is 5.83. The first-order valence-electron chi connectivity index (χ1n) is 5.40. The highest BCUT2D eigenvalue weighted by Crippen LogP contribution is 2.20. The topological polar surface area (TPSA) is 53.7 Å². The molecule has 0 radical (unpaired) electrons. The van der Waals surface area contributed by atoms with Crippen LogP contribution in [0.25, 0.3) is 0 Å². The van der Waals surface area contributed by atoms with Crippen molar-refractivity contribution in [1.29, 1.82) is 0 Å². The SMILES string of the molecule is CCO[Si](CCCN)(OCC)OC(C)Cl. The molecular formula is C9H22ClNO3Si. The maximum Gasteiger partial charge on any atom is 0.502 e. The van der Waals surface area contributed by atoms with Gasteiger partial charge in [0, 0.05) is 19.3 Å². The van der Waals surface area contributed by atoms with E-state index in [2.05, 4.69) is 0 Å². The van der Waals surface area contributed by atoms with Gasteiger partial charge in [0.15, 0.2) is 0 Å². The molecule has 0 spiro atoms. The van der Waals surface area contributed by atoms with Crippen LogP contribution in [0.4, 0.5) is 0 Å². The normalized spacial score (nSPS) is 14.2. The molecule has 15 heavy (non-hydrogen) atoms. The van der Waals surface area contributed by atoms with E-state index in [-0.39, 0.29) is 0 Å². The third-order valence-corrected chi connectivity index (χ3v) is 5.13. The van der Waals surface area contributed by atoms with Gasteiger partial charge in [0.1, 0.15) is 5.56 Å². The predicted molar refractivity (Wildman–Crippen MR) is 63.9 cm³/mol. The summed E-state index contributed by atoms with van der Waals surface area (Å²) in [5.41, 5.74) is 5.09. The van der Waals surface area contributed by atoms with E-state index in [0.717, 1.165) is 12.5 Å². The number of halogens is 1. The van der Waals surface area contributed by atoms with Crippen molar-refractivity contribution in [3.63, 3.8) is 0 Å². The van der Waals surface area contributed by atoms with E-state index >= 15 is 0 Å². The molecule has 0 aliphatic rings. The van der Waals surface area contributed by atoms with Crippen LogP contribution in [0, 0.1) is 0 Å². The Bertz CT molecular complexity index is 154. The second kappa shape index (κ2) is 8.49. The first-order valence-corrected chi connectivity index (χ1v) is 7.77. The Labute approximate surface area is 98.4 Å². The van der Waals surface area contributed by atoms with Crippen LogP contribution in [-0.4, -0.2) is 34.1 Å². The van der Waals surface area contributed by atoms with Gasteiger partial charge in [-0.05, 0) is 33.7 Å². The molecule has 0 aliphatic carbocycles. The van der Waals surface area contributed by atoms with Gasteiger partial charge in [-0.3, -0.25) is 0 Å². The first-order chi connectivity index (χ1) is 7.10. The van der Waals surface area contributed by atoms with Gasteiger partial charge in [0.2, 0.25) is 0 Å². The summed E-state index contributed by atoms with van der Waals surface area (Å²) in [6.07, 6.45) is 0.829. The summed E-state index contributed by atoms with van der Waals surface area (Å²) in [7, 11) is -2.59. The summed E-state index contributed by atoms with van der Waals surface area (Å²) in [5, 5.41) is 0. The molecule has 0 aliphatic heterocycles. The van der Waals surface area contributed by atoms with E-state index in [4.69, 9.17) is 30.6 Å². The molecule has 6 heteroatoms. The third kappa shape index (κ3) is 6.50. The van der Waals surface area contributed by atoms with Crippen molar-refractivity contribution in [3.8, 4) is 0 Å². The Hall–Kier alpha value is 0.347. The van der Waals surface area contributed by atoms with Crippen molar-refractivity contribution in [2.45, 2.75) is 38.8 Å². The molecule has 0 rings (SSSR count). The van der Waals surface area contributed by atoms with Gasteiger partial charge in [-0.2, -0.15) is 0 Å². The lowest BCUT2D eigenvalue weighted by atomic mass is 10.5. The number of rotatable bonds is 9. The van der Waals surface area contributed by atoms with E-state index in [1.165, 1.54) is 0 Å². The molecule has 0 fully saturated rings. The van der Waals surface area contributed by atoms with Gasteiger partial charge >= 0.3 is 8.80 Å². The Balaban J connectivity index is 4.40. The van der Waals surface area contributed by atoms with Crippen LogP contribution < -0.4 is 5.73 Å². The quantitative estimate of drug-likeness (QED) is 0.506. The number of alkyl halides is 1. The van der Waals surface area contributed by atoms with E-state index in [9.17, 15) is 0 Å². The highest BCUT2D eigenvalue weighted by Gasteiger charge is 2.41. The smallest absolute Gasteiger partial charge is 0.374 e. The highest BCUT2D eigenvalue weighted by atomic mass is 35.5. The monoisotopic (exact) mass is 255 g/mol. The largest absolute Gasteiger partial charge is 0.502 e. The van der Waals surface area contributed by atoms with E-state index in [1.807, 2.05) is 13.8 Å². The molecule has 0 saturated carbocycles. The van der Waals surface area contributed by atoms with Gasteiger partial charge in [0.05, 0.1) is 0 Å². The van der Waals surface area contributed by atoms with Gasteiger partial charge in [0.25, 0.3) is 0 Å². The van der Waals surface area contributed by atoms with Crippen LogP contribution in [0.15, 0.2) is 0 Å². The summed E-state index contributed by atoms with van der Waals surface area (Å²) < 4.78 is 16.9. The molecule has 0 heterocycles. The van der Waals surface area contributed by atoms with Crippen molar-refractivity contribution >= 4 is 20.4 Å². The van der Waals surface area contributed by atoms with E-state index in [1.54, 1.807) is 6.92 Å². The van der Waals surface area contributed by atoms with Crippen LogP contribution >= 0.6 is 11.6 Å². The average molecular weight is 256 g/mol. The molecule has 0 bridgehead atoms. The third-order valence-electron chi connectivity index (χ3n) is 1.76. The van der Waals surface area contributed by atoms with Crippen LogP contribution in [-0.2, 0) is 13.3 Å². The zero-order valence-corrected chi connectivity index (χ0v) is 11.5. The summed E-state index contributed by atoms with van der Waals surface area (Å²) in [4.78, 5) is 0. The molecule has 0 aromatic carbocycles. The minimum atomic E-state index is -2.59. The minimum Gasteiger partial charge on any atom is -0.374 e. The molecule has 2 N–H and O–H groups in total. The fraction of sp³-hybridized carbons (Fsp3) is 1.00. The van der Waals surface area contributed by atoms with Crippen LogP contribution in [0.5, 0.6) is 0 Å². The lowest BCUT2D eigenvalue weighted by Gasteiger charge is -2.29. The molecular weight excluding hydrogens is 234 g/mol. The molecule has 4 nitrogen and oxygen atoms in total. The lowest BCUT2D eigenvalue weighted by molar-refractivity contribution is 0.0606. The van der Waals surface area contributed by atoms with E-state index < -0.39 is 14.4 Å². The minimum absolute atomic E-state index is 0.396. The number of hydrogen-bond acceptors (Lipinski definition) is 4. The fourth-order valence-electron chi connectivity index (χ4n) is 1.32. The van der Waals surface area contributed by atoms with Crippen molar-refractivity contribution in [3.05, 3.63) is 0 Å². The average Bonchev–Trinajstić information content (AvgIpc) is 2.14. The molecule has 92 valence electrons. The first kappa shape index (κ1) is 15.3. The Morgan fingerprint density at radius 3 is 2.13 bits per heavy atom. The zero-order valence-electron chi connectivity index (χ0n) is 9.79. The van der Waals surface area contributed by atoms with Gasteiger partial charge in [-0.25, -0.2) is 0 Å². The Morgan fingerprint density at radius 1 is 1.27 bits per heavy atom. The highest BCUT2D eigenvalue weighted by molar-refractivity contribution is 6.61. The second-order valence-corrected chi connectivity index (χ2v) is 6.40. The Morgan fingerprint density at radius 2 is 1.80 bits per heavy atom. The molecule has 0 aromatic heterocycles. The fourth-order valence-corrected chi connectivity index (χ4v) is 4.36. The van der Waals surface area contributed by atoms with Crippen molar-refractivity contribution < 1.29 is 13.3 Å². The van der Waals surface area contributed by atoms with Crippen LogP contribution in [0.2, 0.25) is 6.04 Å². The van der Waals surface area contributed by atoms with Gasteiger partial charge in [-0.15, -0.1) is 0 Å². The summed E-state index contributed by atoms with van der Waals surface area (Å²) in [6.45, 7) is 7.36. The van der Waals surface area contributed by atoms with Crippen molar-refractivity contribution in [1.82, 2.24) is 0 Å². The lowest BCUT2D eigenvalue weighted by Crippen LogP contribution is -2.47. The summed E-state index contributed by atoms with van der Waals surface area (Å²) in [5.74, 6) is 0. The van der Waals surface area contributed by atoms with E-state index in [0.29, 0.717) is 19.8 Å². The molecule has 1 unspecified atom stereocenters. The molecule has 0 aromatic rings. The molecule has 1 atom stereocenters. The van der Waals surface area contributed by atoms with Crippen LogP contribution in [0.3, 0.4) is 0 Å². The zero-order chi connectivity index (χ0) is 11.7. The van der Waals surface area contributed by atoms with Gasteiger partial charge < -0.3 is 19.0 Å².